The molecular formula is C16H25NO. The highest BCUT2D eigenvalue weighted by molar-refractivity contribution is 5.46. The van der Waals surface area contributed by atoms with Gasteiger partial charge in [-0.1, -0.05) is 37.5 Å². The van der Waals surface area contributed by atoms with Crippen LogP contribution in [0.1, 0.15) is 39.0 Å². The molecule has 0 heterocycles. The monoisotopic (exact) mass is 247 g/mol. The lowest BCUT2D eigenvalue weighted by Gasteiger charge is -2.32. The molecule has 1 N–H and O–H groups in total. The molecule has 0 radical (unpaired) electrons. The van der Waals surface area contributed by atoms with Crippen molar-refractivity contribution in [1.29, 1.82) is 0 Å². The molecule has 0 saturated heterocycles. The van der Waals surface area contributed by atoms with Gasteiger partial charge in [0.1, 0.15) is 0 Å². The van der Waals surface area contributed by atoms with Crippen molar-refractivity contribution in [3.63, 3.8) is 0 Å². The zero-order chi connectivity index (χ0) is 12.8. The molecule has 100 valence electrons. The standard InChI is InChI=1S/C16H25NO/c1-14(18)12-17(16-10-6-3-7-11-16)13-15-8-4-2-5-9-15/h3,6-7,10-11,14-15,18H,2,4-5,8-9,12-13H2,1H3. The van der Waals surface area contributed by atoms with E-state index in [1.54, 1.807) is 0 Å². The third kappa shape index (κ3) is 4.02. The van der Waals surface area contributed by atoms with E-state index in [0.717, 1.165) is 19.0 Å². The van der Waals surface area contributed by atoms with E-state index in [1.165, 1.54) is 37.8 Å². The molecule has 1 aromatic rings. The van der Waals surface area contributed by atoms with Crippen molar-refractivity contribution in [3.05, 3.63) is 30.3 Å². The Balaban J connectivity index is 2.00. The average molecular weight is 247 g/mol. The topological polar surface area (TPSA) is 23.5 Å². The summed E-state index contributed by atoms with van der Waals surface area (Å²) in [7, 11) is 0. The summed E-state index contributed by atoms with van der Waals surface area (Å²) in [5.74, 6) is 0.803. The quantitative estimate of drug-likeness (QED) is 0.861. The van der Waals surface area contributed by atoms with Crippen LogP contribution in [0.15, 0.2) is 30.3 Å². The Bertz CT molecular complexity index is 330. The van der Waals surface area contributed by atoms with E-state index in [2.05, 4.69) is 29.2 Å². The van der Waals surface area contributed by atoms with Gasteiger partial charge >= 0.3 is 0 Å². The number of hydrogen-bond acceptors (Lipinski definition) is 2. The highest BCUT2D eigenvalue weighted by atomic mass is 16.3. The van der Waals surface area contributed by atoms with Gasteiger partial charge in [-0.3, -0.25) is 0 Å². The summed E-state index contributed by atoms with van der Waals surface area (Å²) in [5, 5.41) is 9.67. The van der Waals surface area contributed by atoms with Crippen molar-refractivity contribution in [2.75, 3.05) is 18.0 Å². The van der Waals surface area contributed by atoms with Crippen molar-refractivity contribution in [2.45, 2.75) is 45.1 Å². The summed E-state index contributed by atoms with van der Waals surface area (Å²) in [4.78, 5) is 2.35. The van der Waals surface area contributed by atoms with Crippen molar-refractivity contribution < 1.29 is 5.11 Å². The second kappa shape index (κ2) is 6.79. The highest BCUT2D eigenvalue weighted by Gasteiger charge is 2.18. The summed E-state index contributed by atoms with van der Waals surface area (Å²) in [6, 6.07) is 10.5. The molecule has 1 fully saturated rings. The minimum atomic E-state index is -0.270. The maximum Gasteiger partial charge on any atom is 0.0687 e. The van der Waals surface area contributed by atoms with E-state index < -0.39 is 0 Å². The summed E-state index contributed by atoms with van der Waals surface area (Å²) < 4.78 is 0. The smallest absolute Gasteiger partial charge is 0.0687 e. The predicted octanol–water partition coefficient (Wildman–Crippen LogP) is 3.45. The van der Waals surface area contributed by atoms with Crippen LogP contribution >= 0.6 is 0 Å². The van der Waals surface area contributed by atoms with Gasteiger partial charge in [0, 0.05) is 18.8 Å². The van der Waals surface area contributed by atoms with E-state index >= 15 is 0 Å². The highest BCUT2D eigenvalue weighted by Crippen LogP contribution is 2.26. The van der Waals surface area contributed by atoms with Crippen LogP contribution in [-0.2, 0) is 0 Å². The van der Waals surface area contributed by atoms with Crippen molar-refractivity contribution in [1.82, 2.24) is 0 Å². The molecule has 2 heteroatoms. The Morgan fingerprint density at radius 2 is 1.83 bits per heavy atom. The molecule has 1 atom stereocenters. The maximum atomic E-state index is 9.67. The molecule has 1 saturated carbocycles. The van der Waals surface area contributed by atoms with Crippen LogP contribution in [0.25, 0.3) is 0 Å². The van der Waals surface area contributed by atoms with Gasteiger partial charge in [0.2, 0.25) is 0 Å². The molecule has 1 unspecified atom stereocenters. The van der Waals surface area contributed by atoms with Crippen molar-refractivity contribution in [2.24, 2.45) is 5.92 Å². The molecule has 2 rings (SSSR count). The van der Waals surface area contributed by atoms with Crippen molar-refractivity contribution in [3.8, 4) is 0 Å². The van der Waals surface area contributed by atoms with Gasteiger partial charge < -0.3 is 10.0 Å². The van der Waals surface area contributed by atoms with E-state index in [0.29, 0.717) is 0 Å². The second-order valence-electron chi connectivity index (χ2n) is 5.59. The lowest BCUT2D eigenvalue weighted by molar-refractivity contribution is 0.197. The Morgan fingerprint density at radius 3 is 2.44 bits per heavy atom. The fourth-order valence-corrected chi connectivity index (χ4v) is 2.92. The molecule has 0 aromatic heterocycles. The zero-order valence-corrected chi connectivity index (χ0v) is 11.4. The molecule has 18 heavy (non-hydrogen) atoms. The minimum absolute atomic E-state index is 0.270. The molecule has 1 aliphatic rings. The fraction of sp³-hybridized carbons (Fsp3) is 0.625. The Hall–Kier alpha value is -1.02. The number of hydrogen-bond donors (Lipinski definition) is 1. The van der Waals surface area contributed by atoms with E-state index in [9.17, 15) is 5.11 Å². The van der Waals surface area contributed by atoms with Crippen LogP contribution in [0.4, 0.5) is 5.69 Å². The molecule has 0 bridgehead atoms. The normalized spacial score (nSPS) is 18.6. The Labute approximate surface area is 111 Å². The van der Waals surface area contributed by atoms with Gasteiger partial charge in [0.25, 0.3) is 0 Å². The van der Waals surface area contributed by atoms with Gasteiger partial charge in [-0.25, -0.2) is 0 Å². The van der Waals surface area contributed by atoms with Gasteiger partial charge in [-0.15, -0.1) is 0 Å². The Morgan fingerprint density at radius 1 is 1.17 bits per heavy atom. The number of para-hydroxylation sites is 1. The third-order valence-electron chi connectivity index (χ3n) is 3.81. The van der Waals surface area contributed by atoms with Crippen LogP contribution in [0.3, 0.4) is 0 Å². The molecular weight excluding hydrogens is 222 g/mol. The lowest BCUT2D eigenvalue weighted by atomic mass is 9.89. The summed E-state index contributed by atoms with van der Waals surface area (Å²) in [6.07, 6.45) is 6.59. The van der Waals surface area contributed by atoms with Crippen LogP contribution in [0, 0.1) is 5.92 Å². The molecule has 0 spiro atoms. The summed E-state index contributed by atoms with van der Waals surface area (Å²) in [6.45, 7) is 3.70. The minimum Gasteiger partial charge on any atom is -0.392 e. The number of anilines is 1. The van der Waals surface area contributed by atoms with Crippen LogP contribution in [-0.4, -0.2) is 24.3 Å². The number of benzene rings is 1. The molecule has 1 aromatic carbocycles. The molecule has 1 aliphatic carbocycles. The van der Waals surface area contributed by atoms with E-state index in [1.807, 2.05) is 13.0 Å². The van der Waals surface area contributed by atoms with Crippen LogP contribution in [0.5, 0.6) is 0 Å². The largest absolute Gasteiger partial charge is 0.392 e. The number of aliphatic hydroxyl groups excluding tert-OH is 1. The van der Waals surface area contributed by atoms with Gasteiger partial charge in [0.15, 0.2) is 0 Å². The first-order chi connectivity index (χ1) is 8.75. The summed E-state index contributed by atoms with van der Waals surface area (Å²) in [5.41, 5.74) is 1.24. The van der Waals surface area contributed by atoms with Gasteiger partial charge in [-0.2, -0.15) is 0 Å². The fourth-order valence-electron chi connectivity index (χ4n) is 2.92. The number of rotatable bonds is 5. The molecule has 0 amide bonds. The van der Waals surface area contributed by atoms with Gasteiger partial charge in [0.05, 0.1) is 6.10 Å². The van der Waals surface area contributed by atoms with Gasteiger partial charge in [-0.05, 0) is 37.8 Å². The third-order valence-corrected chi connectivity index (χ3v) is 3.81. The first-order valence-electron chi connectivity index (χ1n) is 7.24. The average Bonchev–Trinajstić information content (AvgIpc) is 2.40. The number of nitrogens with zero attached hydrogens (tertiary/aromatic N) is 1. The molecule has 2 nitrogen and oxygen atoms in total. The Kier molecular flexibility index (Phi) is 5.06. The van der Waals surface area contributed by atoms with Crippen molar-refractivity contribution >= 4 is 5.69 Å². The van der Waals surface area contributed by atoms with E-state index in [4.69, 9.17) is 0 Å². The number of aliphatic hydroxyl groups is 1. The van der Waals surface area contributed by atoms with E-state index in [-0.39, 0.29) is 6.10 Å². The van der Waals surface area contributed by atoms with Crippen LogP contribution < -0.4 is 4.90 Å². The second-order valence-corrected chi connectivity index (χ2v) is 5.59. The zero-order valence-electron chi connectivity index (χ0n) is 11.4. The first-order valence-corrected chi connectivity index (χ1v) is 7.24. The first kappa shape index (κ1) is 13.4. The SMILES string of the molecule is CC(O)CN(CC1CCCCC1)c1ccccc1. The van der Waals surface area contributed by atoms with Crippen LogP contribution in [0.2, 0.25) is 0 Å². The molecule has 0 aliphatic heterocycles. The summed E-state index contributed by atoms with van der Waals surface area (Å²) >= 11 is 0. The lowest BCUT2D eigenvalue weighted by Crippen LogP contribution is -2.35. The predicted molar refractivity (Wildman–Crippen MR) is 76.9 cm³/mol. The maximum absolute atomic E-state index is 9.67.